The minimum atomic E-state index is -0.858. The van der Waals surface area contributed by atoms with E-state index in [0.717, 1.165) is 18.9 Å². The molecule has 0 aliphatic carbocycles. The van der Waals surface area contributed by atoms with Crippen LogP contribution in [0.1, 0.15) is 17.0 Å². The summed E-state index contributed by atoms with van der Waals surface area (Å²) >= 11 is 0. The average Bonchev–Trinajstić information content (AvgIpc) is 2.94. The summed E-state index contributed by atoms with van der Waals surface area (Å²) < 4.78 is 26.5. The van der Waals surface area contributed by atoms with Gasteiger partial charge in [0.05, 0.1) is 0 Å². The van der Waals surface area contributed by atoms with Crippen LogP contribution in [0.15, 0.2) is 48.5 Å². The van der Waals surface area contributed by atoms with E-state index in [1.54, 1.807) is 6.07 Å². The molecule has 0 amide bonds. The average molecular weight is 301 g/mol. The van der Waals surface area contributed by atoms with E-state index in [0.29, 0.717) is 18.7 Å². The number of benzene rings is 2. The second-order valence-corrected chi connectivity index (χ2v) is 5.76. The molecule has 0 bridgehead atoms. The standard InChI is InChI=1S/C18H17F2NO/c19-17-7-6-14(8-18(17)20)16-11-21(10-15(16)12-22)9-13-4-2-1-3-5-13/h1-8,12,15-16H,9-11H2/t15-,16-/m1/s1. The molecule has 0 saturated carbocycles. The van der Waals surface area contributed by atoms with Crippen LogP contribution in [-0.2, 0) is 11.3 Å². The quantitative estimate of drug-likeness (QED) is 0.807. The van der Waals surface area contributed by atoms with Crippen LogP contribution in [0.3, 0.4) is 0 Å². The first kappa shape index (κ1) is 14.9. The van der Waals surface area contributed by atoms with E-state index in [9.17, 15) is 13.6 Å². The molecule has 0 radical (unpaired) electrons. The summed E-state index contributed by atoms with van der Waals surface area (Å²) in [6.45, 7) is 2.07. The summed E-state index contributed by atoms with van der Waals surface area (Å²) in [5, 5.41) is 0. The SMILES string of the molecule is O=C[C@H]1CN(Cc2ccccc2)C[C@@H]1c1ccc(F)c(F)c1. The Morgan fingerprint density at radius 1 is 1.05 bits per heavy atom. The summed E-state index contributed by atoms with van der Waals surface area (Å²) in [6, 6.07) is 13.9. The van der Waals surface area contributed by atoms with Gasteiger partial charge >= 0.3 is 0 Å². The monoisotopic (exact) mass is 301 g/mol. The van der Waals surface area contributed by atoms with E-state index in [2.05, 4.69) is 4.90 Å². The molecule has 0 N–H and O–H groups in total. The van der Waals surface area contributed by atoms with Gasteiger partial charge in [0, 0.05) is 31.5 Å². The maximum absolute atomic E-state index is 13.4. The molecular weight excluding hydrogens is 284 g/mol. The van der Waals surface area contributed by atoms with E-state index in [1.807, 2.05) is 30.3 Å². The molecule has 2 aromatic rings. The zero-order chi connectivity index (χ0) is 15.5. The van der Waals surface area contributed by atoms with Crippen molar-refractivity contribution >= 4 is 6.29 Å². The lowest BCUT2D eigenvalue weighted by molar-refractivity contribution is -0.111. The molecule has 1 fully saturated rings. The third-order valence-corrected chi connectivity index (χ3v) is 4.24. The maximum Gasteiger partial charge on any atom is 0.159 e. The smallest absolute Gasteiger partial charge is 0.159 e. The summed E-state index contributed by atoms with van der Waals surface area (Å²) in [5.74, 6) is -1.99. The van der Waals surface area contributed by atoms with Gasteiger partial charge in [-0.2, -0.15) is 0 Å². The topological polar surface area (TPSA) is 20.3 Å². The molecule has 2 nitrogen and oxygen atoms in total. The molecular formula is C18H17F2NO. The van der Waals surface area contributed by atoms with E-state index in [4.69, 9.17) is 0 Å². The van der Waals surface area contributed by atoms with Gasteiger partial charge in [-0.15, -0.1) is 0 Å². The van der Waals surface area contributed by atoms with Crippen LogP contribution in [0, 0.1) is 17.6 Å². The molecule has 1 aliphatic rings. The molecule has 3 rings (SSSR count). The Balaban J connectivity index is 1.77. The Bertz CT molecular complexity index is 659. The summed E-state index contributed by atoms with van der Waals surface area (Å²) in [7, 11) is 0. The number of carbonyl (C=O) groups excluding carboxylic acids is 1. The third-order valence-electron chi connectivity index (χ3n) is 4.24. The summed E-state index contributed by atoms with van der Waals surface area (Å²) in [5.41, 5.74) is 1.87. The van der Waals surface area contributed by atoms with Crippen molar-refractivity contribution in [2.75, 3.05) is 13.1 Å². The van der Waals surface area contributed by atoms with Crippen LogP contribution < -0.4 is 0 Å². The first-order valence-electron chi connectivity index (χ1n) is 7.34. The first-order valence-corrected chi connectivity index (χ1v) is 7.34. The number of rotatable bonds is 4. The highest BCUT2D eigenvalue weighted by atomic mass is 19.2. The number of likely N-dealkylation sites (tertiary alicyclic amines) is 1. The van der Waals surface area contributed by atoms with Crippen LogP contribution in [-0.4, -0.2) is 24.3 Å². The lowest BCUT2D eigenvalue weighted by Crippen LogP contribution is -2.20. The van der Waals surface area contributed by atoms with E-state index >= 15 is 0 Å². The van der Waals surface area contributed by atoms with Gasteiger partial charge in [-0.05, 0) is 23.3 Å². The third kappa shape index (κ3) is 3.07. The number of nitrogens with zero attached hydrogens (tertiary/aromatic N) is 1. The van der Waals surface area contributed by atoms with Crippen molar-refractivity contribution in [1.29, 1.82) is 0 Å². The first-order chi connectivity index (χ1) is 10.7. The van der Waals surface area contributed by atoms with Gasteiger partial charge in [-0.25, -0.2) is 8.78 Å². The molecule has 0 aromatic heterocycles. The van der Waals surface area contributed by atoms with Crippen molar-refractivity contribution in [3.8, 4) is 0 Å². The molecule has 0 unspecified atom stereocenters. The lowest BCUT2D eigenvalue weighted by Gasteiger charge is -2.16. The maximum atomic E-state index is 13.4. The van der Waals surface area contributed by atoms with Gasteiger partial charge in [0.2, 0.25) is 0 Å². The molecule has 4 heteroatoms. The number of halogens is 2. The lowest BCUT2D eigenvalue weighted by atomic mass is 9.90. The number of hydrogen-bond acceptors (Lipinski definition) is 2. The zero-order valence-corrected chi connectivity index (χ0v) is 12.1. The molecule has 1 saturated heterocycles. The second-order valence-electron chi connectivity index (χ2n) is 5.76. The highest BCUT2D eigenvalue weighted by molar-refractivity contribution is 5.57. The number of aldehydes is 1. The fourth-order valence-electron chi connectivity index (χ4n) is 3.12. The van der Waals surface area contributed by atoms with Crippen molar-refractivity contribution in [2.24, 2.45) is 5.92 Å². The predicted octanol–water partition coefficient (Wildman–Crippen LogP) is 3.38. The minimum absolute atomic E-state index is 0.0867. The molecule has 1 aliphatic heterocycles. The second kappa shape index (κ2) is 6.36. The van der Waals surface area contributed by atoms with Crippen LogP contribution >= 0.6 is 0 Å². The molecule has 1 heterocycles. The van der Waals surface area contributed by atoms with Crippen molar-refractivity contribution in [2.45, 2.75) is 12.5 Å². The molecule has 114 valence electrons. The van der Waals surface area contributed by atoms with Crippen molar-refractivity contribution in [1.82, 2.24) is 4.90 Å². The fraction of sp³-hybridized carbons (Fsp3) is 0.278. The van der Waals surface area contributed by atoms with Crippen molar-refractivity contribution in [3.05, 3.63) is 71.3 Å². The van der Waals surface area contributed by atoms with Gasteiger partial charge in [-0.1, -0.05) is 36.4 Å². The molecule has 2 atom stereocenters. The number of hydrogen-bond donors (Lipinski definition) is 0. The normalized spacial score (nSPS) is 21.9. The minimum Gasteiger partial charge on any atom is -0.303 e. The molecule has 22 heavy (non-hydrogen) atoms. The van der Waals surface area contributed by atoms with Gasteiger partial charge in [0.25, 0.3) is 0 Å². The van der Waals surface area contributed by atoms with Crippen LogP contribution in [0.4, 0.5) is 8.78 Å². The highest BCUT2D eigenvalue weighted by Crippen LogP contribution is 2.33. The highest BCUT2D eigenvalue weighted by Gasteiger charge is 2.33. The Labute approximate surface area is 128 Å². The largest absolute Gasteiger partial charge is 0.303 e. The summed E-state index contributed by atoms with van der Waals surface area (Å²) in [4.78, 5) is 13.5. The van der Waals surface area contributed by atoms with Crippen molar-refractivity contribution < 1.29 is 13.6 Å². The Morgan fingerprint density at radius 3 is 2.50 bits per heavy atom. The van der Waals surface area contributed by atoms with Crippen LogP contribution in [0.5, 0.6) is 0 Å². The van der Waals surface area contributed by atoms with Gasteiger partial charge in [-0.3, -0.25) is 4.90 Å². The molecule has 0 spiro atoms. The Kier molecular flexibility index (Phi) is 4.29. The fourth-order valence-corrected chi connectivity index (χ4v) is 3.12. The van der Waals surface area contributed by atoms with E-state index in [1.165, 1.54) is 11.6 Å². The van der Waals surface area contributed by atoms with Gasteiger partial charge < -0.3 is 4.79 Å². The van der Waals surface area contributed by atoms with E-state index in [-0.39, 0.29) is 11.8 Å². The van der Waals surface area contributed by atoms with E-state index < -0.39 is 11.6 Å². The van der Waals surface area contributed by atoms with Gasteiger partial charge in [0.15, 0.2) is 11.6 Å². The van der Waals surface area contributed by atoms with Crippen LogP contribution in [0.2, 0.25) is 0 Å². The Morgan fingerprint density at radius 2 is 1.82 bits per heavy atom. The number of carbonyl (C=O) groups is 1. The van der Waals surface area contributed by atoms with Crippen molar-refractivity contribution in [3.63, 3.8) is 0 Å². The molecule has 2 aromatic carbocycles. The van der Waals surface area contributed by atoms with Crippen LogP contribution in [0.25, 0.3) is 0 Å². The summed E-state index contributed by atoms with van der Waals surface area (Å²) in [6.07, 6.45) is 0.928. The zero-order valence-electron chi connectivity index (χ0n) is 12.1. The predicted molar refractivity (Wildman–Crippen MR) is 80.4 cm³/mol. The van der Waals surface area contributed by atoms with Gasteiger partial charge in [0.1, 0.15) is 6.29 Å². The Hall–Kier alpha value is -2.07.